The van der Waals surface area contributed by atoms with Crippen LogP contribution in [0, 0.1) is 5.82 Å². The number of hydrogen-bond acceptors (Lipinski definition) is 5. The molecular formula is C20H20FN5. The van der Waals surface area contributed by atoms with E-state index in [9.17, 15) is 4.39 Å². The molecule has 5 nitrogen and oxygen atoms in total. The highest BCUT2D eigenvalue weighted by Crippen LogP contribution is 2.24. The number of aromatic nitrogens is 3. The Morgan fingerprint density at radius 1 is 0.962 bits per heavy atom. The maximum atomic E-state index is 13.3. The van der Waals surface area contributed by atoms with Crippen LogP contribution in [-0.4, -0.2) is 21.0 Å². The zero-order valence-corrected chi connectivity index (χ0v) is 14.3. The monoisotopic (exact) mass is 349 g/mol. The molecule has 26 heavy (non-hydrogen) atoms. The minimum absolute atomic E-state index is 0.287. The molecule has 2 heterocycles. The number of halogens is 1. The zero-order valence-electron chi connectivity index (χ0n) is 14.3. The van der Waals surface area contributed by atoms with Crippen LogP contribution in [0.1, 0.15) is 25.7 Å². The first-order chi connectivity index (χ1) is 12.8. The van der Waals surface area contributed by atoms with E-state index >= 15 is 0 Å². The van der Waals surface area contributed by atoms with Crippen molar-refractivity contribution in [1.82, 2.24) is 15.0 Å². The molecule has 3 aromatic rings. The average molecular weight is 349 g/mol. The number of rotatable bonds is 5. The molecule has 0 amide bonds. The Morgan fingerprint density at radius 3 is 2.65 bits per heavy atom. The van der Waals surface area contributed by atoms with Crippen LogP contribution in [0.15, 0.2) is 54.9 Å². The zero-order chi connectivity index (χ0) is 17.8. The highest BCUT2D eigenvalue weighted by molar-refractivity contribution is 5.66. The fraction of sp³-hybridized carbons (Fsp3) is 0.250. The number of benzene rings is 1. The molecule has 2 N–H and O–H groups in total. The molecule has 0 atom stereocenters. The van der Waals surface area contributed by atoms with Crippen molar-refractivity contribution in [3.63, 3.8) is 0 Å². The van der Waals surface area contributed by atoms with Crippen molar-refractivity contribution in [2.45, 2.75) is 31.7 Å². The summed E-state index contributed by atoms with van der Waals surface area (Å²) in [6.45, 7) is 0. The Hall–Kier alpha value is -3.02. The lowest BCUT2D eigenvalue weighted by Gasteiger charge is -2.12. The fourth-order valence-electron chi connectivity index (χ4n) is 3.21. The number of hydrogen-bond donors (Lipinski definition) is 2. The molecule has 1 aliphatic carbocycles. The van der Waals surface area contributed by atoms with Crippen molar-refractivity contribution in [3.8, 4) is 11.3 Å². The van der Waals surface area contributed by atoms with Crippen LogP contribution in [-0.2, 0) is 0 Å². The summed E-state index contributed by atoms with van der Waals surface area (Å²) in [6, 6.07) is 12.4. The lowest BCUT2D eigenvalue weighted by atomic mass is 10.2. The Morgan fingerprint density at radius 2 is 1.81 bits per heavy atom. The third-order valence-electron chi connectivity index (χ3n) is 4.50. The lowest BCUT2D eigenvalue weighted by molar-refractivity contribution is 0.628. The summed E-state index contributed by atoms with van der Waals surface area (Å²) in [5, 5.41) is 6.53. The van der Waals surface area contributed by atoms with Crippen molar-refractivity contribution in [2.75, 3.05) is 10.6 Å². The van der Waals surface area contributed by atoms with E-state index in [2.05, 4.69) is 25.6 Å². The van der Waals surface area contributed by atoms with E-state index in [-0.39, 0.29) is 5.82 Å². The van der Waals surface area contributed by atoms with Crippen molar-refractivity contribution >= 4 is 17.5 Å². The first kappa shape index (κ1) is 16.4. The quantitative estimate of drug-likeness (QED) is 0.694. The molecule has 0 bridgehead atoms. The van der Waals surface area contributed by atoms with Crippen LogP contribution in [0.3, 0.4) is 0 Å². The van der Waals surface area contributed by atoms with Gasteiger partial charge in [0.25, 0.3) is 0 Å². The summed E-state index contributed by atoms with van der Waals surface area (Å²) in [5.41, 5.74) is 2.40. The maximum Gasteiger partial charge on any atom is 0.223 e. The van der Waals surface area contributed by atoms with Crippen LogP contribution in [0.4, 0.5) is 21.8 Å². The van der Waals surface area contributed by atoms with Crippen molar-refractivity contribution in [2.24, 2.45) is 0 Å². The minimum atomic E-state index is -0.287. The van der Waals surface area contributed by atoms with Crippen LogP contribution in [0.5, 0.6) is 0 Å². The number of nitrogens with one attached hydrogen (secondary N) is 2. The standard InChI is InChI=1S/C20H20FN5/c21-15-4-3-7-17(13-15)24-19-12-14(8-10-22-19)18-9-11-23-20(26-18)25-16-5-1-2-6-16/h3-4,7-13,16H,1-2,5-6H2,(H,22,24)(H,23,25,26). The first-order valence-corrected chi connectivity index (χ1v) is 8.85. The van der Waals surface area contributed by atoms with Crippen LogP contribution >= 0.6 is 0 Å². The van der Waals surface area contributed by atoms with E-state index in [4.69, 9.17) is 0 Å². The molecule has 0 spiro atoms. The third-order valence-corrected chi connectivity index (χ3v) is 4.50. The van der Waals surface area contributed by atoms with E-state index in [0.717, 1.165) is 11.3 Å². The summed E-state index contributed by atoms with van der Waals surface area (Å²) in [5.74, 6) is 1.01. The summed E-state index contributed by atoms with van der Waals surface area (Å²) in [7, 11) is 0. The molecule has 132 valence electrons. The molecule has 4 rings (SSSR count). The summed E-state index contributed by atoms with van der Waals surface area (Å²) in [6.07, 6.45) is 8.34. The van der Waals surface area contributed by atoms with E-state index in [1.165, 1.54) is 37.8 Å². The van der Waals surface area contributed by atoms with Gasteiger partial charge in [-0.3, -0.25) is 0 Å². The third kappa shape index (κ3) is 3.96. The van der Waals surface area contributed by atoms with Gasteiger partial charge < -0.3 is 10.6 Å². The predicted octanol–water partition coefficient (Wildman–Crippen LogP) is 4.78. The van der Waals surface area contributed by atoms with E-state index < -0.39 is 0 Å². The lowest BCUT2D eigenvalue weighted by Crippen LogP contribution is -2.16. The molecule has 0 saturated heterocycles. The van der Waals surface area contributed by atoms with Crippen LogP contribution in [0.25, 0.3) is 11.3 Å². The van der Waals surface area contributed by atoms with Gasteiger partial charge in [-0.2, -0.15) is 0 Å². The van der Waals surface area contributed by atoms with Crippen LogP contribution in [0.2, 0.25) is 0 Å². The van der Waals surface area contributed by atoms with Gasteiger partial charge >= 0.3 is 0 Å². The molecule has 0 unspecified atom stereocenters. The molecule has 0 aliphatic heterocycles. The Kier molecular flexibility index (Phi) is 4.73. The van der Waals surface area contributed by atoms with Gasteiger partial charge in [0.2, 0.25) is 5.95 Å². The van der Waals surface area contributed by atoms with Crippen molar-refractivity contribution < 1.29 is 4.39 Å². The minimum Gasteiger partial charge on any atom is -0.351 e. The normalized spacial score (nSPS) is 14.3. The van der Waals surface area contributed by atoms with Gasteiger partial charge in [0.15, 0.2) is 0 Å². The molecule has 0 radical (unpaired) electrons. The Labute approximate surface area is 151 Å². The molecule has 1 saturated carbocycles. The molecule has 1 aromatic carbocycles. The Balaban J connectivity index is 1.54. The summed E-state index contributed by atoms with van der Waals surface area (Å²) in [4.78, 5) is 13.3. The highest BCUT2D eigenvalue weighted by Gasteiger charge is 2.15. The molecule has 2 aromatic heterocycles. The number of pyridine rings is 1. The Bertz CT molecular complexity index is 893. The van der Waals surface area contributed by atoms with Crippen molar-refractivity contribution in [1.29, 1.82) is 0 Å². The van der Waals surface area contributed by atoms with Gasteiger partial charge in [-0.25, -0.2) is 19.3 Å². The molecule has 1 aliphatic rings. The first-order valence-electron chi connectivity index (χ1n) is 8.85. The SMILES string of the molecule is Fc1cccc(Nc2cc(-c3ccnc(NC4CCCC4)n3)ccn2)c1. The fourth-order valence-corrected chi connectivity index (χ4v) is 3.21. The molecule has 6 heteroatoms. The smallest absolute Gasteiger partial charge is 0.223 e. The van der Waals surface area contributed by atoms with Gasteiger partial charge in [0, 0.05) is 29.7 Å². The van der Waals surface area contributed by atoms with Crippen LogP contribution < -0.4 is 10.6 Å². The van der Waals surface area contributed by atoms with Gasteiger partial charge in [-0.1, -0.05) is 18.9 Å². The van der Waals surface area contributed by atoms with E-state index in [0.29, 0.717) is 23.5 Å². The maximum absolute atomic E-state index is 13.3. The van der Waals surface area contributed by atoms with Gasteiger partial charge in [-0.15, -0.1) is 0 Å². The predicted molar refractivity (Wildman–Crippen MR) is 101 cm³/mol. The van der Waals surface area contributed by atoms with E-state index in [1.807, 2.05) is 18.2 Å². The summed E-state index contributed by atoms with van der Waals surface area (Å²) < 4.78 is 13.3. The number of nitrogens with zero attached hydrogens (tertiary/aromatic N) is 3. The van der Waals surface area contributed by atoms with Gasteiger partial charge in [0.1, 0.15) is 11.6 Å². The number of anilines is 3. The molecular weight excluding hydrogens is 329 g/mol. The second-order valence-electron chi connectivity index (χ2n) is 6.46. The topological polar surface area (TPSA) is 62.7 Å². The summed E-state index contributed by atoms with van der Waals surface area (Å²) >= 11 is 0. The van der Waals surface area contributed by atoms with E-state index in [1.54, 1.807) is 24.5 Å². The molecule has 1 fully saturated rings. The average Bonchev–Trinajstić information content (AvgIpc) is 3.15. The largest absolute Gasteiger partial charge is 0.351 e. The second-order valence-corrected chi connectivity index (χ2v) is 6.46. The second kappa shape index (κ2) is 7.47. The van der Waals surface area contributed by atoms with Gasteiger partial charge in [-0.05, 0) is 49.2 Å². The highest BCUT2D eigenvalue weighted by atomic mass is 19.1. The van der Waals surface area contributed by atoms with Crippen molar-refractivity contribution in [3.05, 3.63) is 60.7 Å². The van der Waals surface area contributed by atoms with Gasteiger partial charge in [0.05, 0.1) is 5.69 Å².